The van der Waals surface area contributed by atoms with Crippen LogP contribution < -0.4 is 0 Å². The molecule has 2 heteroatoms. The average Bonchev–Trinajstić information content (AvgIpc) is 2.73. The zero-order valence-electron chi connectivity index (χ0n) is 17.8. The van der Waals surface area contributed by atoms with Crippen molar-refractivity contribution in [3.8, 4) is 0 Å². The van der Waals surface area contributed by atoms with Crippen molar-refractivity contribution in [1.29, 1.82) is 0 Å². The monoisotopic (exact) mass is 386 g/mol. The minimum absolute atomic E-state index is 0.106. The molecule has 0 N–H and O–H groups in total. The van der Waals surface area contributed by atoms with Crippen molar-refractivity contribution in [2.45, 2.75) is 89.6 Å². The average molecular weight is 387 g/mol. The first-order chi connectivity index (χ1) is 13.7. The fourth-order valence-electron chi connectivity index (χ4n) is 5.51. The van der Waals surface area contributed by atoms with Crippen LogP contribution in [0.15, 0.2) is 30.9 Å². The molecule has 0 amide bonds. The molecule has 2 fully saturated rings. The molecule has 0 unspecified atom stereocenters. The van der Waals surface area contributed by atoms with E-state index in [0.29, 0.717) is 18.1 Å². The van der Waals surface area contributed by atoms with Crippen molar-refractivity contribution in [3.05, 3.63) is 47.8 Å². The standard InChI is InChI=1S/C26H39FO/c1-3-4-5-20-6-8-21(9-7-20)10-11-22-12-14-23(15-13-22)24-16-17-25(19-28-2)26(27)18-24/h3,16-18,20-23H,1,4-15,19H2,2H3. The zero-order valence-corrected chi connectivity index (χ0v) is 17.8. The molecule has 0 atom stereocenters. The summed E-state index contributed by atoms with van der Waals surface area (Å²) in [4.78, 5) is 0. The molecule has 3 rings (SSSR count). The molecule has 156 valence electrons. The van der Waals surface area contributed by atoms with Gasteiger partial charge in [0.2, 0.25) is 0 Å². The summed E-state index contributed by atoms with van der Waals surface area (Å²) in [6.07, 6.45) is 18.3. The molecule has 1 aromatic rings. The number of halogens is 1. The van der Waals surface area contributed by atoms with Crippen LogP contribution in [-0.4, -0.2) is 7.11 Å². The maximum Gasteiger partial charge on any atom is 0.129 e. The summed E-state index contributed by atoms with van der Waals surface area (Å²) in [5.41, 5.74) is 1.85. The van der Waals surface area contributed by atoms with Gasteiger partial charge in [0.1, 0.15) is 5.82 Å². The van der Waals surface area contributed by atoms with E-state index in [-0.39, 0.29) is 5.82 Å². The van der Waals surface area contributed by atoms with Gasteiger partial charge in [0, 0.05) is 12.7 Å². The fourth-order valence-corrected chi connectivity index (χ4v) is 5.51. The number of hydrogen-bond acceptors (Lipinski definition) is 1. The van der Waals surface area contributed by atoms with Gasteiger partial charge in [-0.15, -0.1) is 6.58 Å². The van der Waals surface area contributed by atoms with E-state index in [1.54, 1.807) is 13.2 Å². The quantitative estimate of drug-likeness (QED) is 0.393. The number of hydrogen-bond donors (Lipinski definition) is 0. The smallest absolute Gasteiger partial charge is 0.129 e. The molecular weight excluding hydrogens is 347 g/mol. The van der Waals surface area contributed by atoms with Crippen LogP contribution in [0.4, 0.5) is 4.39 Å². The highest BCUT2D eigenvalue weighted by Crippen LogP contribution is 2.40. The van der Waals surface area contributed by atoms with Gasteiger partial charge in [-0.05, 0) is 73.8 Å². The summed E-state index contributed by atoms with van der Waals surface area (Å²) in [5.74, 6) is 3.26. The lowest BCUT2D eigenvalue weighted by atomic mass is 9.74. The van der Waals surface area contributed by atoms with E-state index in [2.05, 4.69) is 18.7 Å². The van der Waals surface area contributed by atoms with Crippen LogP contribution in [0.1, 0.15) is 94.1 Å². The van der Waals surface area contributed by atoms with Gasteiger partial charge >= 0.3 is 0 Å². The van der Waals surface area contributed by atoms with Gasteiger partial charge < -0.3 is 4.74 Å². The Morgan fingerprint density at radius 2 is 1.50 bits per heavy atom. The molecule has 0 heterocycles. The topological polar surface area (TPSA) is 9.23 Å². The second-order valence-corrected chi connectivity index (χ2v) is 9.33. The first-order valence-electron chi connectivity index (χ1n) is 11.6. The van der Waals surface area contributed by atoms with Gasteiger partial charge in [0.05, 0.1) is 6.61 Å². The Hall–Kier alpha value is -1.15. The highest BCUT2D eigenvalue weighted by atomic mass is 19.1. The molecule has 0 aromatic heterocycles. The van der Waals surface area contributed by atoms with Crippen molar-refractivity contribution in [3.63, 3.8) is 0 Å². The minimum Gasteiger partial charge on any atom is -0.380 e. The minimum atomic E-state index is -0.106. The number of ether oxygens (including phenoxy) is 1. The van der Waals surface area contributed by atoms with Crippen LogP contribution in [0.2, 0.25) is 0 Å². The second kappa shape index (κ2) is 11.1. The summed E-state index contributed by atoms with van der Waals surface area (Å²) in [7, 11) is 1.61. The van der Waals surface area contributed by atoms with Crippen LogP contribution in [0, 0.1) is 23.6 Å². The van der Waals surface area contributed by atoms with Gasteiger partial charge in [0.15, 0.2) is 0 Å². The Morgan fingerprint density at radius 3 is 2.04 bits per heavy atom. The third kappa shape index (κ3) is 6.17. The van der Waals surface area contributed by atoms with E-state index in [9.17, 15) is 4.39 Å². The van der Waals surface area contributed by atoms with Crippen molar-refractivity contribution in [2.75, 3.05) is 7.11 Å². The molecule has 28 heavy (non-hydrogen) atoms. The first kappa shape index (κ1) is 21.6. The normalized spacial score (nSPS) is 28.2. The number of benzene rings is 1. The predicted octanol–water partition coefficient (Wildman–Crippen LogP) is 7.80. The summed E-state index contributed by atoms with van der Waals surface area (Å²) < 4.78 is 19.3. The Bertz CT molecular complexity index is 594. The second-order valence-electron chi connectivity index (χ2n) is 9.33. The molecule has 2 aliphatic carbocycles. The van der Waals surface area contributed by atoms with Crippen LogP contribution in [0.5, 0.6) is 0 Å². The molecule has 0 aliphatic heterocycles. The van der Waals surface area contributed by atoms with Gasteiger partial charge in [-0.25, -0.2) is 4.39 Å². The zero-order chi connectivity index (χ0) is 19.8. The fraction of sp³-hybridized carbons (Fsp3) is 0.692. The van der Waals surface area contributed by atoms with E-state index in [1.807, 2.05) is 6.07 Å². The van der Waals surface area contributed by atoms with Gasteiger partial charge in [-0.1, -0.05) is 56.7 Å². The SMILES string of the molecule is C=CCCC1CCC(CCC2CCC(c3ccc(COC)c(F)c3)CC2)CC1. The Kier molecular flexibility index (Phi) is 8.58. The van der Waals surface area contributed by atoms with E-state index < -0.39 is 0 Å². The summed E-state index contributed by atoms with van der Waals surface area (Å²) in [5, 5.41) is 0. The van der Waals surface area contributed by atoms with Crippen LogP contribution in [0.25, 0.3) is 0 Å². The number of methoxy groups -OCH3 is 1. The van der Waals surface area contributed by atoms with Crippen molar-refractivity contribution in [2.24, 2.45) is 17.8 Å². The Labute approximate surface area is 171 Å². The third-order valence-electron chi connectivity index (χ3n) is 7.42. The lowest BCUT2D eigenvalue weighted by Crippen LogP contribution is -2.18. The molecule has 2 aliphatic rings. The summed E-state index contributed by atoms with van der Waals surface area (Å²) in [6.45, 7) is 4.21. The lowest BCUT2D eigenvalue weighted by Gasteiger charge is -2.32. The highest BCUT2D eigenvalue weighted by Gasteiger charge is 2.25. The molecular formula is C26H39FO. The molecule has 0 bridgehead atoms. The van der Waals surface area contributed by atoms with Crippen molar-refractivity contribution in [1.82, 2.24) is 0 Å². The van der Waals surface area contributed by atoms with E-state index >= 15 is 0 Å². The van der Waals surface area contributed by atoms with Crippen LogP contribution in [0.3, 0.4) is 0 Å². The molecule has 2 saturated carbocycles. The summed E-state index contributed by atoms with van der Waals surface area (Å²) in [6, 6.07) is 5.78. The summed E-state index contributed by atoms with van der Waals surface area (Å²) >= 11 is 0. The Balaban J connectivity index is 1.37. The number of allylic oxidation sites excluding steroid dienone is 1. The predicted molar refractivity (Wildman–Crippen MR) is 116 cm³/mol. The molecule has 0 radical (unpaired) electrons. The van der Waals surface area contributed by atoms with Crippen LogP contribution in [-0.2, 0) is 11.3 Å². The highest BCUT2D eigenvalue weighted by molar-refractivity contribution is 5.27. The maximum absolute atomic E-state index is 14.2. The van der Waals surface area contributed by atoms with Crippen molar-refractivity contribution >= 4 is 0 Å². The van der Waals surface area contributed by atoms with Gasteiger partial charge in [-0.3, -0.25) is 0 Å². The van der Waals surface area contributed by atoms with E-state index in [1.165, 1.54) is 82.6 Å². The van der Waals surface area contributed by atoms with Gasteiger partial charge in [0.25, 0.3) is 0 Å². The molecule has 0 saturated heterocycles. The molecule has 1 nitrogen and oxygen atoms in total. The van der Waals surface area contributed by atoms with E-state index in [0.717, 1.165) is 17.8 Å². The van der Waals surface area contributed by atoms with Crippen LogP contribution >= 0.6 is 0 Å². The molecule has 1 aromatic carbocycles. The third-order valence-corrected chi connectivity index (χ3v) is 7.42. The van der Waals surface area contributed by atoms with Crippen molar-refractivity contribution < 1.29 is 9.13 Å². The lowest BCUT2D eigenvalue weighted by molar-refractivity contribution is 0.181. The van der Waals surface area contributed by atoms with Gasteiger partial charge in [-0.2, -0.15) is 0 Å². The largest absolute Gasteiger partial charge is 0.380 e. The number of rotatable bonds is 9. The first-order valence-corrected chi connectivity index (χ1v) is 11.6. The maximum atomic E-state index is 14.2. The van der Waals surface area contributed by atoms with E-state index in [4.69, 9.17) is 4.74 Å². The Morgan fingerprint density at radius 1 is 0.929 bits per heavy atom. The molecule has 0 spiro atoms.